The molecule has 2 heterocycles. The Morgan fingerprint density at radius 3 is 3.04 bits per heavy atom. The van der Waals surface area contributed by atoms with Crippen LogP contribution in [0.1, 0.15) is 23.2 Å². The highest BCUT2D eigenvalue weighted by molar-refractivity contribution is 6.07. The molecule has 3 rings (SSSR count). The van der Waals surface area contributed by atoms with Gasteiger partial charge in [0.2, 0.25) is 5.91 Å². The number of nitriles is 1. The molecule has 7 nitrogen and oxygen atoms in total. The Hall–Kier alpha value is -3.21. The molecule has 2 aromatic rings. The first kappa shape index (κ1) is 18.6. The second-order valence-electron chi connectivity index (χ2n) is 6.13. The van der Waals surface area contributed by atoms with Crippen molar-refractivity contribution < 1.29 is 18.7 Å². The number of hydrogen-bond acceptors (Lipinski definition) is 5. The first-order valence-corrected chi connectivity index (χ1v) is 8.69. The number of amides is 2. The number of nitrogens with one attached hydrogen (secondary N) is 1. The Morgan fingerprint density at radius 1 is 1.41 bits per heavy atom. The molecule has 140 valence electrons. The van der Waals surface area contributed by atoms with Crippen LogP contribution in [0.5, 0.6) is 5.75 Å². The molecule has 0 saturated carbocycles. The summed E-state index contributed by atoms with van der Waals surface area (Å²) < 4.78 is 17.6. The van der Waals surface area contributed by atoms with Gasteiger partial charge in [0.15, 0.2) is 0 Å². The van der Waals surface area contributed by atoms with Gasteiger partial charge in [-0.1, -0.05) is 0 Å². The van der Waals surface area contributed by atoms with Crippen molar-refractivity contribution >= 4 is 22.7 Å². The lowest BCUT2D eigenvalue weighted by atomic mass is 10.1. The summed E-state index contributed by atoms with van der Waals surface area (Å²) in [4.78, 5) is 30.6. The van der Waals surface area contributed by atoms with Gasteiger partial charge >= 0.3 is 0 Å². The highest BCUT2D eigenvalue weighted by atomic mass is 19.1. The molecule has 1 aliphatic rings. The number of hydrogen-bond donors (Lipinski definition) is 1. The van der Waals surface area contributed by atoms with Crippen molar-refractivity contribution in [1.82, 2.24) is 15.2 Å². The van der Waals surface area contributed by atoms with Crippen LogP contribution < -0.4 is 10.1 Å². The van der Waals surface area contributed by atoms with E-state index in [4.69, 9.17) is 10.00 Å². The van der Waals surface area contributed by atoms with Gasteiger partial charge in [-0.05, 0) is 37.1 Å². The van der Waals surface area contributed by atoms with E-state index in [2.05, 4.69) is 16.4 Å². The molecule has 8 heteroatoms. The van der Waals surface area contributed by atoms with Gasteiger partial charge in [0.1, 0.15) is 25.1 Å². The molecule has 1 atom stereocenters. The molecule has 1 saturated heterocycles. The van der Waals surface area contributed by atoms with Crippen molar-refractivity contribution in [2.45, 2.75) is 18.9 Å². The lowest BCUT2D eigenvalue weighted by Crippen LogP contribution is -2.42. The third kappa shape index (κ3) is 4.14. The van der Waals surface area contributed by atoms with Crippen molar-refractivity contribution in [1.29, 1.82) is 5.26 Å². The van der Waals surface area contributed by atoms with Gasteiger partial charge < -0.3 is 15.0 Å². The van der Waals surface area contributed by atoms with E-state index < -0.39 is 18.6 Å². The largest absolute Gasteiger partial charge is 0.491 e. The van der Waals surface area contributed by atoms with Crippen LogP contribution in [0.4, 0.5) is 4.39 Å². The van der Waals surface area contributed by atoms with Crippen LogP contribution in [0.15, 0.2) is 30.5 Å². The molecule has 1 fully saturated rings. The van der Waals surface area contributed by atoms with Crippen molar-refractivity contribution in [2.75, 3.05) is 26.4 Å². The van der Waals surface area contributed by atoms with Crippen LogP contribution in [-0.2, 0) is 4.79 Å². The topological polar surface area (TPSA) is 95.3 Å². The number of fused-ring (bicyclic) bond motifs is 1. The third-order valence-corrected chi connectivity index (χ3v) is 4.43. The fraction of sp³-hybridized carbons (Fsp3) is 0.368. The monoisotopic (exact) mass is 370 g/mol. The summed E-state index contributed by atoms with van der Waals surface area (Å²) in [6.07, 6.45) is 2.95. The Labute approximate surface area is 155 Å². The lowest BCUT2D eigenvalue weighted by molar-refractivity contribution is -0.130. The Kier molecular flexibility index (Phi) is 5.81. The lowest BCUT2D eigenvalue weighted by Gasteiger charge is -2.19. The summed E-state index contributed by atoms with van der Waals surface area (Å²) in [5.41, 5.74) is 0.933. The number of carbonyl (C=O) groups is 2. The average Bonchev–Trinajstić information content (AvgIpc) is 3.18. The third-order valence-electron chi connectivity index (χ3n) is 4.43. The number of ether oxygens (including phenoxy) is 1. The molecule has 1 aromatic heterocycles. The Morgan fingerprint density at radius 2 is 2.26 bits per heavy atom. The van der Waals surface area contributed by atoms with Crippen LogP contribution in [0.3, 0.4) is 0 Å². The summed E-state index contributed by atoms with van der Waals surface area (Å²) >= 11 is 0. The fourth-order valence-electron chi connectivity index (χ4n) is 3.12. The molecule has 0 aliphatic carbocycles. The average molecular weight is 370 g/mol. The number of halogens is 1. The number of carbonyl (C=O) groups excluding carboxylic acids is 2. The minimum Gasteiger partial charge on any atom is -0.491 e. The van der Waals surface area contributed by atoms with Crippen molar-refractivity contribution in [2.24, 2.45) is 0 Å². The molecule has 27 heavy (non-hydrogen) atoms. The van der Waals surface area contributed by atoms with E-state index in [0.29, 0.717) is 35.2 Å². The predicted molar refractivity (Wildman–Crippen MR) is 95.9 cm³/mol. The molecular formula is C19H19FN4O3. The van der Waals surface area contributed by atoms with Gasteiger partial charge in [0, 0.05) is 18.1 Å². The number of pyridine rings is 1. The molecule has 2 amide bonds. The molecular weight excluding hydrogens is 351 g/mol. The summed E-state index contributed by atoms with van der Waals surface area (Å²) in [5, 5.41) is 12.2. The zero-order valence-electron chi connectivity index (χ0n) is 14.7. The minimum atomic E-state index is -0.610. The van der Waals surface area contributed by atoms with E-state index in [9.17, 15) is 14.0 Å². The molecule has 1 aromatic carbocycles. The maximum absolute atomic E-state index is 12.6. The molecule has 0 bridgehead atoms. The molecule has 1 N–H and O–H groups in total. The van der Waals surface area contributed by atoms with Crippen LogP contribution in [0.2, 0.25) is 0 Å². The number of benzene rings is 1. The number of nitrogens with zero attached hydrogens (tertiary/aromatic N) is 3. The van der Waals surface area contributed by atoms with Crippen LogP contribution >= 0.6 is 0 Å². The van der Waals surface area contributed by atoms with Crippen LogP contribution in [0, 0.1) is 11.3 Å². The van der Waals surface area contributed by atoms with Gasteiger partial charge in [-0.25, -0.2) is 4.39 Å². The van der Waals surface area contributed by atoms with Crippen molar-refractivity contribution in [3.63, 3.8) is 0 Å². The molecule has 1 aliphatic heterocycles. The Balaban J connectivity index is 1.73. The van der Waals surface area contributed by atoms with Gasteiger partial charge in [-0.15, -0.1) is 0 Å². The first-order chi connectivity index (χ1) is 13.1. The van der Waals surface area contributed by atoms with E-state index in [1.54, 1.807) is 24.3 Å². The standard InChI is InChI=1S/C19H19FN4O3/c20-6-9-27-14-3-4-17-16(10-14)15(5-7-22-17)19(26)23-12-18(25)24-8-1-2-13(24)11-21/h3-5,7,10,13H,1-2,6,8-9,12H2,(H,23,26)/t13-/m0/s1. The molecule has 0 spiro atoms. The van der Waals surface area contributed by atoms with E-state index in [-0.39, 0.29) is 19.1 Å². The first-order valence-electron chi connectivity index (χ1n) is 8.69. The van der Waals surface area contributed by atoms with Crippen LogP contribution in [0.25, 0.3) is 10.9 Å². The summed E-state index contributed by atoms with van der Waals surface area (Å²) in [6, 6.07) is 8.20. The van der Waals surface area contributed by atoms with E-state index in [1.165, 1.54) is 11.1 Å². The highest BCUT2D eigenvalue weighted by Crippen LogP contribution is 2.23. The van der Waals surface area contributed by atoms with E-state index >= 15 is 0 Å². The smallest absolute Gasteiger partial charge is 0.252 e. The SMILES string of the molecule is N#C[C@@H]1CCCN1C(=O)CNC(=O)c1ccnc2ccc(OCCF)cc12. The summed E-state index contributed by atoms with van der Waals surface area (Å²) in [6.45, 7) is -0.336. The van der Waals surface area contributed by atoms with Gasteiger partial charge in [0.05, 0.1) is 23.7 Å². The van der Waals surface area contributed by atoms with Gasteiger partial charge in [0.25, 0.3) is 5.91 Å². The Bertz CT molecular complexity index is 896. The van der Waals surface area contributed by atoms with Gasteiger partial charge in [-0.2, -0.15) is 5.26 Å². The minimum absolute atomic E-state index is 0.0717. The number of aromatic nitrogens is 1. The second kappa shape index (κ2) is 8.45. The summed E-state index contributed by atoms with van der Waals surface area (Å²) in [7, 11) is 0. The molecule has 0 unspecified atom stereocenters. The zero-order chi connectivity index (χ0) is 19.2. The van der Waals surface area contributed by atoms with E-state index in [0.717, 1.165) is 6.42 Å². The van der Waals surface area contributed by atoms with E-state index in [1.807, 2.05) is 0 Å². The number of likely N-dealkylation sites (tertiary alicyclic amines) is 1. The maximum Gasteiger partial charge on any atom is 0.252 e. The number of rotatable bonds is 6. The van der Waals surface area contributed by atoms with Crippen LogP contribution in [-0.4, -0.2) is 54.1 Å². The maximum atomic E-state index is 12.6. The zero-order valence-corrected chi connectivity index (χ0v) is 14.7. The van der Waals surface area contributed by atoms with Gasteiger partial charge in [-0.3, -0.25) is 14.6 Å². The predicted octanol–water partition coefficient (Wildman–Crippen LogP) is 1.83. The molecule has 0 radical (unpaired) electrons. The highest BCUT2D eigenvalue weighted by Gasteiger charge is 2.28. The normalized spacial score (nSPS) is 16.1. The van der Waals surface area contributed by atoms with Crippen molar-refractivity contribution in [3.05, 3.63) is 36.0 Å². The second-order valence-corrected chi connectivity index (χ2v) is 6.13. The summed E-state index contributed by atoms with van der Waals surface area (Å²) in [5.74, 6) is -0.268. The quantitative estimate of drug-likeness (QED) is 0.837. The fourth-order valence-corrected chi connectivity index (χ4v) is 3.12. The van der Waals surface area contributed by atoms with Crippen molar-refractivity contribution in [3.8, 4) is 11.8 Å². The number of alkyl halides is 1.